The molecule has 0 saturated heterocycles. The SMILES string of the molecule is CCCCCC(=O)Nc1scc(-c2ccccc2)c1C(=O)OC. The molecule has 23 heavy (non-hydrogen) atoms. The van der Waals surface area contributed by atoms with Crippen LogP contribution in [0.1, 0.15) is 43.0 Å². The Bertz CT molecular complexity index is 664. The van der Waals surface area contributed by atoms with Crippen molar-refractivity contribution < 1.29 is 14.3 Å². The highest BCUT2D eigenvalue weighted by molar-refractivity contribution is 7.15. The molecule has 0 fully saturated rings. The molecule has 0 aliphatic heterocycles. The number of esters is 1. The second kappa shape index (κ2) is 8.48. The summed E-state index contributed by atoms with van der Waals surface area (Å²) in [5, 5.41) is 5.28. The second-order valence-corrected chi connectivity index (χ2v) is 6.10. The van der Waals surface area contributed by atoms with Crippen LogP contribution in [0.15, 0.2) is 35.7 Å². The van der Waals surface area contributed by atoms with Crippen molar-refractivity contribution in [3.63, 3.8) is 0 Å². The fourth-order valence-corrected chi connectivity index (χ4v) is 3.28. The molecular weight excluding hydrogens is 310 g/mol. The largest absolute Gasteiger partial charge is 0.465 e. The molecule has 1 N–H and O–H groups in total. The van der Waals surface area contributed by atoms with Gasteiger partial charge in [-0.05, 0) is 12.0 Å². The first-order valence-electron chi connectivity index (χ1n) is 7.72. The molecule has 0 unspecified atom stereocenters. The summed E-state index contributed by atoms with van der Waals surface area (Å²) in [7, 11) is 1.35. The van der Waals surface area contributed by atoms with Crippen molar-refractivity contribution in [3.05, 3.63) is 41.3 Å². The van der Waals surface area contributed by atoms with E-state index in [2.05, 4.69) is 12.2 Å². The highest BCUT2D eigenvalue weighted by atomic mass is 32.1. The van der Waals surface area contributed by atoms with Crippen molar-refractivity contribution in [2.45, 2.75) is 32.6 Å². The number of anilines is 1. The van der Waals surface area contributed by atoms with Gasteiger partial charge in [0.15, 0.2) is 0 Å². The van der Waals surface area contributed by atoms with Gasteiger partial charge < -0.3 is 10.1 Å². The molecule has 1 heterocycles. The highest BCUT2D eigenvalue weighted by Gasteiger charge is 2.22. The molecule has 1 aromatic heterocycles. The summed E-state index contributed by atoms with van der Waals surface area (Å²) in [4.78, 5) is 24.2. The van der Waals surface area contributed by atoms with Crippen LogP contribution in [0.4, 0.5) is 5.00 Å². The Morgan fingerprint density at radius 2 is 1.91 bits per heavy atom. The zero-order chi connectivity index (χ0) is 16.7. The van der Waals surface area contributed by atoms with Gasteiger partial charge in [-0.3, -0.25) is 4.79 Å². The zero-order valence-electron chi connectivity index (χ0n) is 13.4. The maximum absolute atomic E-state index is 12.2. The highest BCUT2D eigenvalue weighted by Crippen LogP contribution is 2.36. The Labute approximate surface area is 140 Å². The van der Waals surface area contributed by atoms with Gasteiger partial charge in [0, 0.05) is 17.4 Å². The molecule has 1 aromatic carbocycles. The standard InChI is InChI=1S/C18H21NO3S/c1-3-4-6-11-15(20)19-17-16(18(21)22-2)14(12-23-17)13-9-7-5-8-10-13/h5,7-10,12H,3-4,6,11H2,1-2H3,(H,19,20). The van der Waals surface area contributed by atoms with Gasteiger partial charge in [0.05, 0.1) is 7.11 Å². The predicted octanol–water partition coefficient (Wildman–Crippen LogP) is 4.72. The minimum Gasteiger partial charge on any atom is -0.465 e. The van der Waals surface area contributed by atoms with Crippen LogP contribution in [0.25, 0.3) is 11.1 Å². The molecule has 5 heteroatoms. The van der Waals surface area contributed by atoms with Crippen molar-refractivity contribution in [1.29, 1.82) is 0 Å². The number of ether oxygens (including phenoxy) is 1. The molecule has 0 saturated carbocycles. The van der Waals surface area contributed by atoms with E-state index in [4.69, 9.17) is 4.74 Å². The summed E-state index contributed by atoms with van der Waals surface area (Å²) < 4.78 is 4.89. The van der Waals surface area contributed by atoms with E-state index >= 15 is 0 Å². The molecule has 4 nitrogen and oxygen atoms in total. The van der Waals surface area contributed by atoms with E-state index in [0.29, 0.717) is 17.0 Å². The number of amides is 1. The summed E-state index contributed by atoms with van der Waals surface area (Å²) >= 11 is 1.35. The third-order valence-corrected chi connectivity index (χ3v) is 4.42. The van der Waals surface area contributed by atoms with E-state index in [-0.39, 0.29) is 5.91 Å². The van der Waals surface area contributed by atoms with Crippen LogP contribution in [0, 0.1) is 0 Å². The topological polar surface area (TPSA) is 55.4 Å². The van der Waals surface area contributed by atoms with Gasteiger partial charge in [-0.25, -0.2) is 4.79 Å². The second-order valence-electron chi connectivity index (χ2n) is 5.22. The Kier molecular flexibility index (Phi) is 6.35. The molecular formula is C18H21NO3S. The number of hydrogen-bond acceptors (Lipinski definition) is 4. The maximum atomic E-state index is 12.2. The number of thiophene rings is 1. The maximum Gasteiger partial charge on any atom is 0.341 e. The van der Waals surface area contributed by atoms with Gasteiger partial charge in [0.25, 0.3) is 0 Å². The van der Waals surface area contributed by atoms with Crippen LogP contribution in [0.2, 0.25) is 0 Å². The van der Waals surface area contributed by atoms with E-state index < -0.39 is 5.97 Å². The monoisotopic (exact) mass is 331 g/mol. The summed E-state index contributed by atoms with van der Waals surface area (Å²) in [6.45, 7) is 2.10. The molecule has 0 spiro atoms. The number of methoxy groups -OCH3 is 1. The van der Waals surface area contributed by atoms with Crippen LogP contribution in [0.3, 0.4) is 0 Å². The number of hydrogen-bond donors (Lipinski definition) is 1. The minimum atomic E-state index is -0.436. The first-order chi connectivity index (χ1) is 11.2. The minimum absolute atomic E-state index is 0.0648. The molecule has 1 amide bonds. The molecule has 0 aliphatic carbocycles. The molecule has 2 rings (SSSR count). The number of unbranched alkanes of at least 4 members (excludes halogenated alkanes) is 2. The van der Waals surface area contributed by atoms with Crippen LogP contribution in [0.5, 0.6) is 0 Å². The number of nitrogens with one attached hydrogen (secondary N) is 1. The van der Waals surface area contributed by atoms with E-state index in [1.54, 1.807) is 0 Å². The van der Waals surface area contributed by atoms with Crippen LogP contribution < -0.4 is 5.32 Å². The van der Waals surface area contributed by atoms with E-state index in [1.807, 2.05) is 35.7 Å². The predicted molar refractivity (Wildman–Crippen MR) is 93.9 cm³/mol. The van der Waals surface area contributed by atoms with Gasteiger partial charge >= 0.3 is 5.97 Å². The Morgan fingerprint density at radius 1 is 1.17 bits per heavy atom. The van der Waals surface area contributed by atoms with Gasteiger partial charge in [-0.15, -0.1) is 11.3 Å². The smallest absolute Gasteiger partial charge is 0.341 e. The first-order valence-corrected chi connectivity index (χ1v) is 8.60. The number of benzene rings is 1. The van der Waals surface area contributed by atoms with Crippen molar-refractivity contribution in [3.8, 4) is 11.1 Å². The molecule has 2 aromatic rings. The Morgan fingerprint density at radius 3 is 2.57 bits per heavy atom. The normalized spacial score (nSPS) is 10.3. The molecule has 0 radical (unpaired) electrons. The van der Waals surface area contributed by atoms with Crippen LogP contribution in [-0.2, 0) is 9.53 Å². The molecule has 122 valence electrons. The number of carbonyl (C=O) groups excluding carboxylic acids is 2. The van der Waals surface area contributed by atoms with Gasteiger partial charge in [-0.2, -0.15) is 0 Å². The Hall–Kier alpha value is -2.14. The van der Waals surface area contributed by atoms with Crippen molar-refractivity contribution in [2.75, 3.05) is 12.4 Å². The Balaban J connectivity index is 2.25. The average molecular weight is 331 g/mol. The molecule has 0 atom stereocenters. The summed E-state index contributed by atoms with van der Waals surface area (Å²) in [6, 6.07) is 9.61. The number of rotatable bonds is 7. The van der Waals surface area contributed by atoms with Gasteiger partial charge in [0.2, 0.25) is 5.91 Å². The molecule has 0 aliphatic rings. The molecule has 0 bridgehead atoms. The van der Waals surface area contributed by atoms with E-state index in [0.717, 1.165) is 30.4 Å². The van der Waals surface area contributed by atoms with Crippen molar-refractivity contribution in [2.24, 2.45) is 0 Å². The summed E-state index contributed by atoms with van der Waals surface area (Å²) in [5.41, 5.74) is 2.13. The van der Waals surface area contributed by atoms with Crippen molar-refractivity contribution >= 4 is 28.2 Å². The van der Waals surface area contributed by atoms with Crippen LogP contribution in [-0.4, -0.2) is 19.0 Å². The quantitative estimate of drug-likeness (QED) is 0.590. The van der Waals surface area contributed by atoms with Gasteiger partial charge in [-0.1, -0.05) is 50.1 Å². The van der Waals surface area contributed by atoms with Crippen molar-refractivity contribution in [1.82, 2.24) is 0 Å². The fourth-order valence-electron chi connectivity index (χ4n) is 2.31. The van der Waals surface area contributed by atoms with E-state index in [9.17, 15) is 9.59 Å². The third-order valence-electron chi connectivity index (χ3n) is 3.53. The third kappa shape index (κ3) is 4.42. The summed E-state index contributed by atoms with van der Waals surface area (Å²) in [6.07, 6.45) is 3.41. The summed E-state index contributed by atoms with van der Waals surface area (Å²) in [5.74, 6) is -0.501. The lowest BCUT2D eigenvalue weighted by Gasteiger charge is -2.07. The first kappa shape index (κ1) is 17.2. The lowest BCUT2D eigenvalue weighted by Crippen LogP contribution is -2.13. The average Bonchev–Trinajstić information content (AvgIpc) is 2.98. The lowest BCUT2D eigenvalue weighted by atomic mass is 10.0. The zero-order valence-corrected chi connectivity index (χ0v) is 14.2. The number of carbonyl (C=O) groups is 2. The van der Waals surface area contributed by atoms with Gasteiger partial charge in [0.1, 0.15) is 10.6 Å². The van der Waals surface area contributed by atoms with Crippen LogP contribution >= 0.6 is 11.3 Å². The van der Waals surface area contributed by atoms with E-state index in [1.165, 1.54) is 18.4 Å². The fraction of sp³-hybridized carbons (Fsp3) is 0.333. The lowest BCUT2D eigenvalue weighted by molar-refractivity contribution is -0.116.